The molecule has 0 heterocycles. The minimum absolute atomic E-state index is 0. The zero-order valence-corrected chi connectivity index (χ0v) is 11.3. The van der Waals surface area contributed by atoms with Crippen molar-refractivity contribution < 1.29 is 46.7 Å². The van der Waals surface area contributed by atoms with Gasteiger partial charge in [-0.3, -0.25) is 4.18 Å². The first-order chi connectivity index (χ1) is 5.45. The Hall–Kier alpha value is 0.870. The van der Waals surface area contributed by atoms with Gasteiger partial charge in [0.25, 0.3) is 0 Å². The summed E-state index contributed by atoms with van der Waals surface area (Å²) in [6.07, 6.45) is 3.13. The van der Waals surface area contributed by atoms with E-state index in [9.17, 15) is 13.0 Å². The molecule has 0 saturated carbocycles. The van der Waals surface area contributed by atoms with Gasteiger partial charge in [0.15, 0.2) is 0 Å². The molecule has 4 nitrogen and oxygen atoms in total. The zero-order chi connectivity index (χ0) is 9.61. The van der Waals surface area contributed by atoms with Crippen LogP contribution >= 0.6 is 0 Å². The van der Waals surface area contributed by atoms with Crippen molar-refractivity contribution in [2.45, 2.75) is 45.6 Å². The summed E-state index contributed by atoms with van der Waals surface area (Å²) in [5, 5.41) is 0. The molecule has 6 heteroatoms. The maximum absolute atomic E-state index is 10.1. The van der Waals surface area contributed by atoms with Crippen molar-refractivity contribution in [1.82, 2.24) is 0 Å². The van der Waals surface area contributed by atoms with E-state index in [0.717, 1.165) is 19.3 Å². The molecule has 0 aromatic heterocycles. The summed E-state index contributed by atoms with van der Waals surface area (Å²) in [5.41, 5.74) is 0. The SMILES string of the molecule is CCCCCC(C)OS(=O)(=O)[O-].[Na+]. The first-order valence-electron chi connectivity index (χ1n) is 4.10. The van der Waals surface area contributed by atoms with Crippen molar-refractivity contribution in [3.63, 3.8) is 0 Å². The quantitative estimate of drug-likeness (QED) is 0.234. The fraction of sp³-hybridized carbons (Fsp3) is 1.00. The molecule has 0 fully saturated rings. The molecule has 0 saturated heterocycles. The fourth-order valence-electron chi connectivity index (χ4n) is 0.931. The van der Waals surface area contributed by atoms with Gasteiger partial charge in [0.2, 0.25) is 10.4 Å². The van der Waals surface area contributed by atoms with E-state index in [0.29, 0.717) is 6.42 Å². The summed E-state index contributed by atoms with van der Waals surface area (Å²) < 4.78 is 34.5. The Morgan fingerprint density at radius 2 is 1.92 bits per heavy atom. The number of unbranched alkanes of at least 4 members (excludes halogenated alkanes) is 2. The van der Waals surface area contributed by atoms with E-state index in [4.69, 9.17) is 0 Å². The molecule has 1 unspecified atom stereocenters. The van der Waals surface area contributed by atoms with Crippen LogP contribution in [0.5, 0.6) is 0 Å². The van der Waals surface area contributed by atoms with Gasteiger partial charge in [-0.1, -0.05) is 26.2 Å². The summed E-state index contributed by atoms with van der Waals surface area (Å²) in [5.74, 6) is 0. The van der Waals surface area contributed by atoms with Crippen LogP contribution in [0.4, 0.5) is 0 Å². The van der Waals surface area contributed by atoms with Gasteiger partial charge >= 0.3 is 29.6 Å². The third kappa shape index (κ3) is 12.9. The van der Waals surface area contributed by atoms with Gasteiger partial charge in [-0.15, -0.1) is 0 Å². The van der Waals surface area contributed by atoms with Gasteiger partial charge < -0.3 is 4.55 Å². The Labute approximate surface area is 102 Å². The van der Waals surface area contributed by atoms with Gasteiger partial charge in [0.1, 0.15) is 0 Å². The van der Waals surface area contributed by atoms with Crippen LogP contribution in [0.25, 0.3) is 0 Å². The van der Waals surface area contributed by atoms with Crippen molar-refractivity contribution in [3.8, 4) is 0 Å². The van der Waals surface area contributed by atoms with Crippen LogP contribution in [0.3, 0.4) is 0 Å². The molecule has 0 aliphatic carbocycles. The topological polar surface area (TPSA) is 66.4 Å². The summed E-state index contributed by atoms with van der Waals surface area (Å²) in [6, 6.07) is 0. The Kier molecular flexibility index (Phi) is 10.3. The molecule has 0 N–H and O–H groups in total. The number of hydrogen-bond acceptors (Lipinski definition) is 4. The van der Waals surface area contributed by atoms with Crippen LogP contribution < -0.4 is 29.6 Å². The van der Waals surface area contributed by atoms with E-state index in [1.165, 1.54) is 0 Å². The van der Waals surface area contributed by atoms with Crippen LogP contribution in [0.1, 0.15) is 39.5 Å². The summed E-state index contributed by atoms with van der Waals surface area (Å²) in [7, 11) is -4.51. The molecule has 0 aliphatic rings. The molecule has 0 aromatic rings. The summed E-state index contributed by atoms with van der Waals surface area (Å²) in [6.45, 7) is 3.64. The van der Waals surface area contributed by atoms with E-state index in [1.807, 2.05) is 0 Å². The molecular formula is C7H15NaO4S. The molecule has 1 atom stereocenters. The number of hydrogen-bond donors (Lipinski definition) is 0. The maximum Gasteiger partial charge on any atom is 1.00 e. The molecule has 0 amide bonds. The molecule has 0 bridgehead atoms. The molecule has 0 spiro atoms. The average Bonchev–Trinajstić information content (AvgIpc) is 1.84. The monoisotopic (exact) mass is 218 g/mol. The Balaban J connectivity index is 0. The third-order valence-corrected chi connectivity index (χ3v) is 2.06. The van der Waals surface area contributed by atoms with Crippen LogP contribution in [0, 0.1) is 0 Å². The van der Waals surface area contributed by atoms with Crippen molar-refractivity contribution in [2.75, 3.05) is 0 Å². The van der Waals surface area contributed by atoms with Gasteiger partial charge in [0, 0.05) is 0 Å². The minimum Gasteiger partial charge on any atom is -0.726 e. The van der Waals surface area contributed by atoms with Crippen molar-refractivity contribution >= 4 is 10.4 Å². The van der Waals surface area contributed by atoms with E-state index in [1.54, 1.807) is 6.92 Å². The van der Waals surface area contributed by atoms with Crippen LogP contribution in [0.15, 0.2) is 0 Å². The van der Waals surface area contributed by atoms with Gasteiger partial charge in [-0.25, -0.2) is 8.42 Å². The molecular weight excluding hydrogens is 203 g/mol. The second-order valence-electron chi connectivity index (χ2n) is 2.81. The van der Waals surface area contributed by atoms with E-state index in [2.05, 4.69) is 11.1 Å². The molecule has 0 rings (SSSR count). The largest absolute Gasteiger partial charge is 1.00 e. The van der Waals surface area contributed by atoms with Crippen LogP contribution in [0.2, 0.25) is 0 Å². The van der Waals surface area contributed by atoms with E-state index >= 15 is 0 Å². The van der Waals surface area contributed by atoms with Gasteiger partial charge in [-0.05, 0) is 13.3 Å². The van der Waals surface area contributed by atoms with Crippen molar-refractivity contribution in [3.05, 3.63) is 0 Å². The molecule has 74 valence electrons. The second kappa shape index (κ2) is 8.20. The molecule has 0 aliphatic heterocycles. The third-order valence-electron chi connectivity index (χ3n) is 1.50. The maximum atomic E-state index is 10.1. The fourth-order valence-corrected chi connectivity index (χ4v) is 1.43. The number of rotatable bonds is 6. The standard InChI is InChI=1S/C7H16O4S.Na/c1-3-4-5-6-7(2)11-12(8,9)10;/h7H,3-6H2,1-2H3,(H,8,9,10);/q;+1/p-1. The first kappa shape index (κ1) is 16.3. The van der Waals surface area contributed by atoms with E-state index in [-0.39, 0.29) is 29.6 Å². The predicted octanol–water partition coefficient (Wildman–Crippen LogP) is -1.56. The van der Waals surface area contributed by atoms with Crippen molar-refractivity contribution in [2.24, 2.45) is 0 Å². The van der Waals surface area contributed by atoms with E-state index < -0.39 is 16.5 Å². The summed E-state index contributed by atoms with van der Waals surface area (Å²) >= 11 is 0. The predicted molar refractivity (Wildman–Crippen MR) is 44.4 cm³/mol. The first-order valence-corrected chi connectivity index (χ1v) is 5.43. The smallest absolute Gasteiger partial charge is 0.726 e. The Morgan fingerprint density at radius 3 is 2.31 bits per heavy atom. The van der Waals surface area contributed by atoms with Crippen LogP contribution in [-0.2, 0) is 14.6 Å². The molecule has 0 aromatic carbocycles. The van der Waals surface area contributed by atoms with Gasteiger partial charge in [-0.2, -0.15) is 0 Å². The van der Waals surface area contributed by atoms with Gasteiger partial charge in [0.05, 0.1) is 6.10 Å². The normalized spacial score (nSPS) is 13.5. The Bertz CT molecular complexity index is 203. The Morgan fingerprint density at radius 1 is 1.38 bits per heavy atom. The molecule has 13 heavy (non-hydrogen) atoms. The van der Waals surface area contributed by atoms with Crippen molar-refractivity contribution in [1.29, 1.82) is 0 Å². The minimum atomic E-state index is -4.51. The molecule has 0 radical (unpaired) electrons. The zero-order valence-electron chi connectivity index (χ0n) is 8.45. The average molecular weight is 218 g/mol. The summed E-state index contributed by atoms with van der Waals surface area (Å²) in [4.78, 5) is 0. The second-order valence-corrected chi connectivity index (χ2v) is 3.82. The van der Waals surface area contributed by atoms with Crippen LogP contribution in [-0.4, -0.2) is 19.1 Å².